The van der Waals surface area contributed by atoms with Gasteiger partial charge in [0, 0.05) is 61.1 Å². The molecule has 3 aliphatic rings. The predicted octanol–water partition coefficient (Wildman–Crippen LogP) is 3.59. The number of hydrogen-bond donors (Lipinski definition) is 3. The quantitative estimate of drug-likeness (QED) is 0.401. The Morgan fingerprint density at radius 1 is 1.11 bits per heavy atom. The van der Waals surface area contributed by atoms with Crippen molar-refractivity contribution in [1.29, 1.82) is 0 Å². The molecule has 2 amide bonds. The third-order valence-corrected chi connectivity index (χ3v) is 7.80. The molecule has 198 valence electrons. The lowest BCUT2D eigenvalue weighted by Gasteiger charge is -2.24. The highest BCUT2D eigenvalue weighted by Gasteiger charge is 2.29. The molecule has 1 saturated heterocycles. The number of carbonyl (C=O) groups is 2. The standard InChI is InChI=1S/C28H39N7O2/c1-34(2)23-12-15-35(18-23)27(37)21-8-4-9-22(16-21)32-28-31-17-24(19-10-11-19)25(33-28)29-13-5-14-30-26(36)20-6-3-7-20/h4,8-9,16-17,19-20,23H,3,5-7,10-15,18H2,1-2H3,(H,30,36)(H2,29,31,32,33)/t23-/m0/s1. The van der Waals surface area contributed by atoms with Gasteiger partial charge in [-0.2, -0.15) is 4.98 Å². The molecular weight excluding hydrogens is 466 g/mol. The number of benzene rings is 1. The van der Waals surface area contributed by atoms with Crippen molar-refractivity contribution in [1.82, 2.24) is 25.1 Å². The molecule has 5 rings (SSSR count). The van der Waals surface area contributed by atoms with Gasteiger partial charge in [-0.25, -0.2) is 4.98 Å². The van der Waals surface area contributed by atoms with Crippen LogP contribution in [0.25, 0.3) is 0 Å². The zero-order chi connectivity index (χ0) is 25.8. The number of amides is 2. The summed E-state index contributed by atoms with van der Waals surface area (Å²) in [7, 11) is 4.13. The lowest BCUT2D eigenvalue weighted by Crippen LogP contribution is -2.35. The second kappa shape index (κ2) is 11.5. The molecule has 2 aliphatic carbocycles. The summed E-state index contributed by atoms with van der Waals surface area (Å²) in [5.74, 6) is 2.35. The average molecular weight is 506 g/mol. The van der Waals surface area contributed by atoms with E-state index in [1.54, 1.807) is 0 Å². The molecular formula is C28H39N7O2. The number of nitrogens with one attached hydrogen (secondary N) is 3. The van der Waals surface area contributed by atoms with E-state index in [0.717, 1.165) is 75.2 Å². The van der Waals surface area contributed by atoms with E-state index in [1.807, 2.05) is 35.4 Å². The fraction of sp³-hybridized carbons (Fsp3) is 0.571. The molecule has 2 saturated carbocycles. The Bertz CT molecular complexity index is 1110. The highest BCUT2D eigenvalue weighted by molar-refractivity contribution is 5.95. The number of likely N-dealkylation sites (tertiary alicyclic amines) is 1. The third-order valence-electron chi connectivity index (χ3n) is 7.80. The molecule has 37 heavy (non-hydrogen) atoms. The summed E-state index contributed by atoms with van der Waals surface area (Å²) < 4.78 is 0. The van der Waals surface area contributed by atoms with Crippen LogP contribution < -0.4 is 16.0 Å². The first-order valence-corrected chi connectivity index (χ1v) is 13.7. The fourth-order valence-corrected chi connectivity index (χ4v) is 5.00. The predicted molar refractivity (Wildman–Crippen MR) is 145 cm³/mol. The molecule has 3 N–H and O–H groups in total. The topological polar surface area (TPSA) is 102 Å². The van der Waals surface area contributed by atoms with E-state index in [9.17, 15) is 9.59 Å². The van der Waals surface area contributed by atoms with Crippen molar-refractivity contribution >= 4 is 29.3 Å². The maximum Gasteiger partial charge on any atom is 0.253 e. The number of rotatable bonds is 11. The lowest BCUT2D eigenvalue weighted by molar-refractivity contribution is -0.127. The van der Waals surface area contributed by atoms with Crippen molar-refractivity contribution in [3.05, 3.63) is 41.6 Å². The first-order chi connectivity index (χ1) is 18.0. The molecule has 0 unspecified atom stereocenters. The van der Waals surface area contributed by atoms with Crippen molar-refractivity contribution in [3.63, 3.8) is 0 Å². The van der Waals surface area contributed by atoms with E-state index in [-0.39, 0.29) is 17.7 Å². The second-order valence-corrected chi connectivity index (χ2v) is 10.8. The minimum Gasteiger partial charge on any atom is -0.370 e. The zero-order valence-corrected chi connectivity index (χ0v) is 22.0. The first kappa shape index (κ1) is 25.4. The SMILES string of the molecule is CN(C)[C@H]1CCN(C(=O)c2cccc(Nc3ncc(C4CC4)c(NCCCNC(=O)C4CCC4)n3)c2)C1. The summed E-state index contributed by atoms with van der Waals surface area (Å²) in [6.07, 6.45) is 9.30. The van der Waals surface area contributed by atoms with E-state index < -0.39 is 0 Å². The number of nitrogens with zero attached hydrogens (tertiary/aromatic N) is 4. The Labute approximate surface area is 219 Å². The first-order valence-electron chi connectivity index (χ1n) is 13.7. The molecule has 3 fully saturated rings. The molecule has 1 aromatic carbocycles. The van der Waals surface area contributed by atoms with Gasteiger partial charge in [-0.05, 0) is 76.7 Å². The van der Waals surface area contributed by atoms with Gasteiger partial charge in [0.1, 0.15) is 5.82 Å². The van der Waals surface area contributed by atoms with Crippen LogP contribution in [0.15, 0.2) is 30.5 Å². The van der Waals surface area contributed by atoms with Gasteiger partial charge in [-0.1, -0.05) is 12.5 Å². The monoisotopic (exact) mass is 505 g/mol. The molecule has 1 atom stereocenters. The van der Waals surface area contributed by atoms with Gasteiger partial charge >= 0.3 is 0 Å². The Hall–Kier alpha value is -3.20. The Balaban J connectivity index is 1.18. The number of likely N-dealkylation sites (N-methyl/N-ethyl adjacent to an activating group) is 1. The highest BCUT2D eigenvalue weighted by Crippen LogP contribution is 2.42. The van der Waals surface area contributed by atoms with Crippen LogP contribution in [0.2, 0.25) is 0 Å². The maximum absolute atomic E-state index is 13.1. The number of anilines is 3. The summed E-state index contributed by atoms with van der Waals surface area (Å²) in [5, 5.41) is 9.80. The van der Waals surface area contributed by atoms with Gasteiger partial charge in [-0.3, -0.25) is 9.59 Å². The smallest absolute Gasteiger partial charge is 0.253 e. The molecule has 2 aromatic rings. The molecule has 1 aliphatic heterocycles. The molecule has 9 nitrogen and oxygen atoms in total. The lowest BCUT2D eigenvalue weighted by atomic mass is 9.85. The van der Waals surface area contributed by atoms with E-state index in [4.69, 9.17) is 4.98 Å². The van der Waals surface area contributed by atoms with Gasteiger partial charge in [0.2, 0.25) is 11.9 Å². The van der Waals surface area contributed by atoms with Crippen LogP contribution in [0.3, 0.4) is 0 Å². The minimum atomic E-state index is 0.0600. The van der Waals surface area contributed by atoms with Gasteiger partial charge in [0.25, 0.3) is 5.91 Å². The fourth-order valence-electron chi connectivity index (χ4n) is 5.00. The average Bonchev–Trinajstić information content (AvgIpc) is 3.57. The Morgan fingerprint density at radius 3 is 2.65 bits per heavy atom. The summed E-state index contributed by atoms with van der Waals surface area (Å²) in [6, 6.07) is 7.98. The maximum atomic E-state index is 13.1. The van der Waals surface area contributed by atoms with E-state index >= 15 is 0 Å². The summed E-state index contributed by atoms with van der Waals surface area (Å²) >= 11 is 0. The van der Waals surface area contributed by atoms with Crippen LogP contribution in [0.5, 0.6) is 0 Å². The Kier molecular flexibility index (Phi) is 7.88. The van der Waals surface area contributed by atoms with E-state index in [1.165, 1.54) is 6.42 Å². The van der Waals surface area contributed by atoms with Crippen LogP contribution in [-0.2, 0) is 4.79 Å². The largest absolute Gasteiger partial charge is 0.370 e. The summed E-state index contributed by atoms with van der Waals surface area (Å²) in [5.41, 5.74) is 2.61. The number of carbonyl (C=O) groups excluding carboxylic acids is 2. The second-order valence-electron chi connectivity index (χ2n) is 10.8. The molecule has 0 radical (unpaired) electrons. The zero-order valence-electron chi connectivity index (χ0n) is 22.0. The van der Waals surface area contributed by atoms with Gasteiger partial charge in [0.05, 0.1) is 0 Å². The molecule has 2 heterocycles. The number of hydrogen-bond acceptors (Lipinski definition) is 7. The third kappa shape index (κ3) is 6.39. The molecule has 1 aromatic heterocycles. The highest BCUT2D eigenvalue weighted by atomic mass is 16.2. The molecule has 0 spiro atoms. The van der Waals surface area contributed by atoms with Gasteiger partial charge in [-0.15, -0.1) is 0 Å². The molecule has 9 heteroatoms. The van der Waals surface area contributed by atoms with Crippen LogP contribution in [0, 0.1) is 5.92 Å². The van der Waals surface area contributed by atoms with Crippen molar-refractivity contribution in [2.75, 3.05) is 50.9 Å². The molecule has 0 bridgehead atoms. The van der Waals surface area contributed by atoms with Crippen LogP contribution in [0.4, 0.5) is 17.5 Å². The normalized spacial score (nSPS) is 19.5. The number of aromatic nitrogens is 2. The van der Waals surface area contributed by atoms with Crippen LogP contribution >= 0.6 is 0 Å². The van der Waals surface area contributed by atoms with Crippen LogP contribution in [0.1, 0.15) is 66.8 Å². The minimum absolute atomic E-state index is 0.0600. The van der Waals surface area contributed by atoms with Crippen molar-refractivity contribution in [2.45, 2.75) is 56.9 Å². The van der Waals surface area contributed by atoms with Crippen molar-refractivity contribution in [2.24, 2.45) is 5.92 Å². The van der Waals surface area contributed by atoms with Crippen LogP contribution in [-0.4, -0.2) is 77.9 Å². The van der Waals surface area contributed by atoms with E-state index in [0.29, 0.717) is 30.0 Å². The van der Waals surface area contributed by atoms with Crippen molar-refractivity contribution in [3.8, 4) is 0 Å². The van der Waals surface area contributed by atoms with Gasteiger partial charge in [0.15, 0.2) is 0 Å². The van der Waals surface area contributed by atoms with Gasteiger partial charge < -0.3 is 25.8 Å². The summed E-state index contributed by atoms with van der Waals surface area (Å²) in [6.45, 7) is 2.94. The summed E-state index contributed by atoms with van der Waals surface area (Å²) in [4.78, 5) is 38.6. The van der Waals surface area contributed by atoms with Crippen molar-refractivity contribution < 1.29 is 9.59 Å². The van der Waals surface area contributed by atoms with E-state index in [2.05, 4.69) is 39.9 Å². The Morgan fingerprint density at radius 2 is 1.95 bits per heavy atom.